The van der Waals surface area contributed by atoms with E-state index in [1.807, 2.05) is 6.08 Å². The summed E-state index contributed by atoms with van der Waals surface area (Å²) in [7, 11) is 0. The van der Waals surface area contributed by atoms with Gasteiger partial charge in [-0.05, 0) is 73.3 Å². The summed E-state index contributed by atoms with van der Waals surface area (Å²) in [6, 6.07) is 4.16. The number of thioether (sulfide) groups is 1. The fourth-order valence-corrected chi connectivity index (χ4v) is 3.78. The van der Waals surface area contributed by atoms with Crippen LogP contribution in [0.2, 0.25) is 0 Å². The van der Waals surface area contributed by atoms with E-state index in [4.69, 9.17) is 5.11 Å². The third-order valence-electron chi connectivity index (χ3n) is 4.43. The van der Waals surface area contributed by atoms with E-state index in [0.29, 0.717) is 12.0 Å². The molecular weight excluding hydrogens is 304 g/mol. The van der Waals surface area contributed by atoms with Gasteiger partial charge in [-0.2, -0.15) is 0 Å². The Morgan fingerprint density at radius 2 is 2.09 bits per heavy atom. The minimum Gasteiger partial charge on any atom is -0.478 e. The summed E-state index contributed by atoms with van der Waals surface area (Å²) in [4.78, 5) is 12.5. The summed E-state index contributed by atoms with van der Waals surface area (Å²) < 4.78 is 0. The second kappa shape index (κ2) is 7.69. The maximum Gasteiger partial charge on any atom is 0.331 e. The molecular formula is C20H24O2S. The van der Waals surface area contributed by atoms with Crippen molar-refractivity contribution in [3.8, 4) is 0 Å². The van der Waals surface area contributed by atoms with E-state index in [0.717, 1.165) is 18.4 Å². The lowest BCUT2D eigenvalue weighted by Gasteiger charge is -2.19. The van der Waals surface area contributed by atoms with Crippen molar-refractivity contribution in [3.05, 3.63) is 56.5 Å². The van der Waals surface area contributed by atoms with Gasteiger partial charge in [0.05, 0.1) is 0 Å². The second-order valence-corrected chi connectivity index (χ2v) is 6.55. The van der Waals surface area contributed by atoms with Crippen molar-refractivity contribution >= 4 is 29.9 Å². The lowest BCUT2D eigenvalue weighted by Crippen LogP contribution is -2.09. The fourth-order valence-electron chi connectivity index (χ4n) is 3.08. The fraction of sp³-hybridized carbons (Fsp3) is 0.350. The van der Waals surface area contributed by atoms with Crippen LogP contribution in [0.5, 0.6) is 0 Å². The normalized spacial score (nSPS) is 15.2. The van der Waals surface area contributed by atoms with Crippen LogP contribution in [0.4, 0.5) is 0 Å². The highest BCUT2D eigenvalue weighted by Gasteiger charge is 2.17. The number of benzene rings is 1. The number of fused-ring (bicyclic) bond motifs is 1. The van der Waals surface area contributed by atoms with Crippen molar-refractivity contribution in [2.75, 3.05) is 6.26 Å². The first-order chi connectivity index (χ1) is 11.0. The number of carbonyl (C=O) groups is 1. The van der Waals surface area contributed by atoms with Crippen molar-refractivity contribution in [3.63, 3.8) is 0 Å². The van der Waals surface area contributed by atoms with Crippen LogP contribution in [-0.4, -0.2) is 17.3 Å². The van der Waals surface area contributed by atoms with Gasteiger partial charge in [-0.15, -0.1) is 11.8 Å². The molecule has 0 heterocycles. The smallest absolute Gasteiger partial charge is 0.331 e. The number of hydrogen-bond acceptors (Lipinski definition) is 2. The van der Waals surface area contributed by atoms with Gasteiger partial charge in [0.15, 0.2) is 0 Å². The Morgan fingerprint density at radius 1 is 1.35 bits per heavy atom. The zero-order chi connectivity index (χ0) is 17.0. The summed E-state index contributed by atoms with van der Waals surface area (Å²) in [5.41, 5.74) is 6.70. The zero-order valence-corrected chi connectivity index (χ0v) is 15.1. The van der Waals surface area contributed by atoms with E-state index in [1.54, 1.807) is 11.8 Å². The quantitative estimate of drug-likeness (QED) is 0.728. The number of allylic oxidation sites excluding steroid dienone is 2. The molecule has 0 saturated carbocycles. The standard InChI is InChI=1S/C20H24O2S/c1-5-14(19(6-2)23-4)11-15-7-8-16-12-17(20(21)22)9-10-18(16)13(15)3/h6-8,11-12H,5,9-10H2,1-4H3,(H,21,22)/b14-11+,19-6-. The van der Waals surface area contributed by atoms with Crippen molar-refractivity contribution in [1.82, 2.24) is 0 Å². The van der Waals surface area contributed by atoms with E-state index in [9.17, 15) is 4.79 Å². The molecule has 122 valence electrons. The molecule has 0 aromatic heterocycles. The lowest BCUT2D eigenvalue weighted by atomic mass is 9.86. The van der Waals surface area contributed by atoms with Crippen molar-refractivity contribution in [2.45, 2.75) is 40.0 Å². The molecule has 3 heteroatoms. The maximum atomic E-state index is 11.2. The van der Waals surface area contributed by atoms with E-state index in [-0.39, 0.29) is 0 Å². The Hall–Kier alpha value is -1.74. The van der Waals surface area contributed by atoms with Crippen molar-refractivity contribution in [2.24, 2.45) is 0 Å². The molecule has 2 nitrogen and oxygen atoms in total. The minimum absolute atomic E-state index is 0.507. The van der Waals surface area contributed by atoms with E-state index < -0.39 is 5.97 Å². The molecule has 23 heavy (non-hydrogen) atoms. The largest absolute Gasteiger partial charge is 0.478 e. The number of hydrogen-bond donors (Lipinski definition) is 1. The number of carboxylic acids is 1. The number of aliphatic carboxylic acids is 1. The van der Waals surface area contributed by atoms with Crippen LogP contribution in [0, 0.1) is 6.92 Å². The molecule has 0 amide bonds. The number of rotatable bonds is 5. The summed E-state index contributed by atoms with van der Waals surface area (Å²) in [5.74, 6) is -0.803. The molecule has 1 N–H and O–H groups in total. The van der Waals surface area contributed by atoms with Gasteiger partial charge in [-0.3, -0.25) is 0 Å². The predicted molar refractivity (Wildman–Crippen MR) is 101 cm³/mol. The Balaban J connectivity index is 2.47. The Morgan fingerprint density at radius 3 is 2.65 bits per heavy atom. The van der Waals surface area contributed by atoms with Crippen LogP contribution in [0.3, 0.4) is 0 Å². The van der Waals surface area contributed by atoms with Crippen molar-refractivity contribution < 1.29 is 9.90 Å². The van der Waals surface area contributed by atoms with Crippen LogP contribution in [0.1, 0.15) is 48.9 Å². The molecule has 0 saturated heterocycles. The van der Waals surface area contributed by atoms with Gasteiger partial charge >= 0.3 is 5.97 Å². The average molecular weight is 328 g/mol. The molecule has 0 bridgehead atoms. The van der Waals surface area contributed by atoms with Gasteiger partial charge in [-0.1, -0.05) is 31.2 Å². The maximum absolute atomic E-state index is 11.2. The van der Waals surface area contributed by atoms with E-state index in [2.05, 4.69) is 51.3 Å². The van der Waals surface area contributed by atoms with Crippen molar-refractivity contribution in [1.29, 1.82) is 0 Å². The van der Waals surface area contributed by atoms with Crippen LogP contribution >= 0.6 is 11.8 Å². The average Bonchev–Trinajstić information content (AvgIpc) is 2.56. The highest BCUT2D eigenvalue weighted by atomic mass is 32.2. The molecule has 0 spiro atoms. The predicted octanol–water partition coefficient (Wildman–Crippen LogP) is 5.47. The molecule has 0 radical (unpaired) electrons. The Labute approximate surface area is 143 Å². The molecule has 1 aromatic carbocycles. The first kappa shape index (κ1) is 17.6. The second-order valence-electron chi connectivity index (χ2n) is 5.70. The van der Waals surface area contributed by atoms with Crippen LogP contribution in [0.25, 0.3) is 12.2 Å². The monoisotopic (exact) mass is 328 g/mol. The van der Waals surface area contributed by atoms with Gasteiger partial charge in [0.2, 0.25) is 0 Å². The molecule has 0 aliphatic heterocycles. The van der Waals surface area contributed by atoms with Crippen LogP contribution in [0.15, 0.2) is 34.3 Å². The lowest BCUT2D eigenvalue weighted by molar-refractivity contribution is -0.132. The highest BCUT2D eigenvalue weighted by Crippen LogP contribution is 2.32. The van der Waals surface area contributed by atoms with E-state index >= 15 is 0 Å². The minimum atomic E-state index is -0.803. The van der Waals surface area contributed by atoms with Gasteiger partial charge in [0.25, 0.3) is 0 Å². The summed E-state index contributed by atoms with van der Waals surface area (Å²) >= 11 is 1.78. The van der Waals surface area contributed by atoms with E-state index in [1.165, 1.54) is 27.2 Å². The molecule has 1 aromatic rings. The SMILES string of the molecule is C/C=C(SC)/C(=C/c1ccc2c(c1C)CCC(C(=O)O)=C2)CC. The molecule has 0 fully saturated rings. The Kier molecular flexibility index (Phi) is 5.89. The molecule has 1 aliphatic carbocycles. The molecule has 0 atom stereocenters. The number of carboxylic acid groups (broad SMARTS) is 1. The molecule has 0 unspecified atom stereocenters. The zero-order valence-electron chi connectivity index (χ0n) is 14.3. The summed E-state index contributed by atoms with van der Waals surface area (Å²) in [5, 5.41) is 9.17. The van der Waals surface area contributed by atoms with Crippen LogP contribution in [-0.2, 0) is 11.2 Å². The first-order valence-electron chi connectivity index (χ1n) is 7.99. The topological polar surface area (TPSA) is 37.3 Å². The molecule has 1 aliphatic rings. The third kappa shape index (κ3) is 3.78. The molecule has 2 rings (SSSR count). The summed E-state index contributed by atoms with van der Waals surface area (Å²) in [6.07, 6.45) is 10.8. The van der Waals surface area contributed by atoms with Gasteiger partial charge in [0, 0.05) is 10.5 Å². The van der Waals surface area contributed by atoms with Crippen LogP contribution < -0.4 is 0 Å². The highest BCUT2D eigenvalue weighted by molar-refractivity contribution is 8.02. The first-order valence-corrected chi connectivity index (χ1v) is 9.21. The van der Waals surface area contributed by atoms with Gasteiger partial charge in [-0.25, -0.2) is 4.79 Å². The third-order valence-corrected chi connectivity index (χ3v) is 5.37. The Bertz CT molecular complexity index is 709. The van der Waals surface area contributed by atoms with Gasteiger partial charge in [0.1, 0.15) is 0 Å². The van der Waals surface area contributed by atoms with Gasteiger partial charge < -0.3 is 5.11 Å². The summed E-state index contributed by atoms with van der Waals surface area (Å²) in [6.45, 7) is 6.40.